The summed E-state index contributed by atoms with van der Waals surface area (Å²) in [7, 11) is 1.53. The molecular weight excluding hydrogens is 425 g/mol. The molecule has 1 unspecified atom stereocenters. The van der Waals surface area contributed by atoms with Crippen molar-refractivity contribution in [2.45, 2.75) is 25.3 Å². The van der Waals surface area contributed by atoms with Crippen molar-refractivity contribution in [1.82, 2.24) is 15.5 Å². The number of hydrogen-bond donors (Lipinski definition) is 2. The Hall–Kier alpha value is -3.26. The van der Waals surface area contributed by atoms with E-state index >= 15 is 0 Å². The van der Waals surface area contributed by atoms with E-state index in [1.165, 1.54) is 25.3 Å². The summed E-state index contributed by atoms with van der Waals surface area (Å²) in [5.41, 5.74) is 0.847. The number of hydrogen-bond acceptors (Lipinski definition) is 4. The molecule has 7 nitrogen and oxygen atoms in total. The van der Waals surface area contributed by atoms with Gasteiger partial charge in [-0.2, -0.15) is 0 Å². The largest absolute Gasteiger partial charge is 0.383 e. The highest BCUT2D eigenvalue weighted by atomic mass is 19.1. The maximum absolute atomic E-state index is 14.1. The Kier molecular flexibility index (Phi) is 8.95. The highest BCUT2D eigenvalue weighted by Gasteiger charge is 2.34. The number of methoxy groups -OCH3 is 1. The van der Waals surface area contributed by atoms with Gasteiger partial charge in [-0.1, -0.05) is 42.5 Å². The number of rotatable bonds is 9. The number of ether oxygens (including phenoxy) is 1. The third-order valence-electron chi connectivity index (χ3n) is 5.85. The van der Waals surface area contributed by atoms with Gasteiger partial charge in [-0.3, -0.25) is 14.4 Å². The lowest BCUT2D eigenvalue weighted by Crippen LogP contribution is -2.54. The van der Waals surface area contributed by atoms with Gasteiger partial charge < -0.3 is 20.3 Å². The van der Waals surface area contributed by atoms with Crippen LogP contribution in [0.3, 0.4) is 0 Å². The van der Waals surface area contributed by atoms with Crippen molar-refractivity contribution in [3.63, 3.8) is 0 Å². The Morgan fingerprint density at radius 2 is 1.73 bits per heavy atom. The molecule has 8 heteroatoms. The molecule has 1 atom stereocenters. The summed E-state index contributed by atoms with van der Waals surface area (Å²) in [5, 5.41) is 5.49. The minimum atomic E-state index is -0.833. The van der Waals surface area contributed by atoms with Gasteiger partial charge in [0.1, 0.15) is 11.9 Å². The van der Waals surface area contributed by atoms with E-state index in [4.69, 9.17) is 4.74 Å². The number of carbonyl (C=O) groups is 3. The van der Waals surface area contributed by atoms with E-state index in [2.05, 4.69) is 10.6 Å². The number of nitrogens with one attached hydrogen (secondary N) is 2. The lowest BCUT2D eigenvalue weighted by atomic mass is 9.88. The Morgan fingerprint density at radius 3 is 2.39 bits per heavy atom. The second kappa shape index (κ2) is 12.1. The van der Waals surface area contributed by atoms with Gasteiger partial charge in [0.05, 0.1) is 18.6 Å². The van der Waals surface area contributed by atoms with E-state index in [9.17, 15) is 18.8 Å². The first kappa shape index (κ1) is 24.4. The molecule has 3 amide bonds. The summed E-state index contributed by atoms with van der Waals surface area (Å²) in [6.45, 7) is 1.63. The SMILES string of the molecule is COCCNC(=O)C(NC(=O)c1ccccc1F)C1CCN(C(=O)Cc2ccccc2)CC1. The molecule has 0 saturated carbocycles. The van der Waals surface area contributed by atoms with Gasteiger partial charge in [0.25, 0.3) is 5.91 Å². The van der Waals surface area contributed by atoms with Crippen LogP contribution in [0.2, 0.25) is 0 Å². The zero-order valence-electron chi connectivity index (χ0n) is 18.8. The molecule has 1 aliphatic heterocycles. The maximum Gasteiger partial charge on any atom is 0.254 e. The third kappa shape index (κ3) is 6.86. The summed E-state index contributed by atoms with van der Waals surface area (Å²) >= 11 is 0. The van der Waals surface area contributed by atoms with Crippen LogP contribution >= 0.6 is 0 Å². The minimum Gasteiger partial charge on any atom is -0.383 e. The van der Waals surface area contributed by atoms with Crippen LogP contribution in [0.1, 0.15) is 28.8 Å². The minimum absolute atomic E-state index is 0.0381. The van der Waals surface area contributed by atoms with Gasteiger partial charge in [-0.05, 0) is 36.5 Å². The number of amides is 3. The average Bonchev–Trinajstić information content (AvgIpc) is 2.83. The smallest absolute Gasteiger partial charge is 0.254 e. The van der Waals surface area contributed by atoms with Crippen LogP contribution in [0, 0.1) is 11.7 Å². The van der Waals surface area contributed by atoms with E-state index in [1.807, 2.05) is 30.3 Å². The molecule has 1 heterocycles. The molecule has 0 radical (unpaired) electrons. The monoisotopic (exact) mass is 455 g/mol. The summed E-state index contributed by atoms with van der Waals surface area (Å²) in [5.74, 6) is -1.76. The highest BCUT2D eigenvalue weighted by molar-refractivity contribution is 5.97. The first-order chi connectivity index (χ1) is 16.0. The van der Waals surface area contributed by atoms with Crippen molar-refractivity contribution in [3.8, 4) is 0 Å². The lowest BCUT2D eigenvalue weighted by Gasteiger charge is -2.36. The molecule has 1 fully saturated rings. The second-order valence-electron chi connectivity index (χ2n) is 8.10. The number of carbonyl (C=O) groups excluding carboxylic acids is 3. The molecule has 2 aromatic rings. The van der Waals surface area contributed by atoms with Gasteiger partial charge in [-0.15, -0.1) is 0 Å². The van der Waals surface area contributed by atoms with Crippen molar-refractivity contribution in [1.29, 1.82) is 0 Å². The molecule has 3 rings (SSSR count). The molecule has 0 bridgehead atoms. The molecule has 0 aliphatic carbocycles. The number of benzene rings is 2. The third-order valence-corrected chi connectivity index (χ3v) is 5.85. The van der Waals surface area contributed by atoms with E-state index in [0.29, 0.717) is 45.5 Å². The topological polar surface area (TPSA) is 87.7 Å². The van der Waals surface area contributed by atoms with E-state index in [0.717, 1.165) is 5.56 Å². The molecular formula is C25H30FN3O4. The van der Waals surface area contributed by atoms with Crippen LogP contribution in [0.4, 0.5) is 4.39 Å². The number of nitrogens with zero attached hydrogens (tertiary/aromatic N) is 1. The summed E-state index contributed by atoms with van der Waals surface area (Å²) < 4.78 is 19.1. The predicted octanol–water partition coefficient (Wildman–Crippen LogP) is 2.17. The highest BCUT2D eigenvalue weighted by Crippen LogP contribution is 2.22. The summed E-state index contributed by atoms with van der Waals surface area (Å²) in [6.07, 6.45) is 1.44. The Labute approximate surface area is 193 Å². The zero-order chi connectivity index (χ0) is 23.6. The van der Waals surface area contributed by atoms with Crippen LogP contribution in [0.25, 0.3) is 0 Å². The van der Waals surface area contributed by atoms with Crippen molar-refractivity contribution in [2.75, 3.05) is 33.4 Å². The first-order valence-electron chi connectivity index (χ1n) is 11.1. The molecule has 176 valence electrons. The lowest BCUT2D eigenvalue weighted by molar-refractivity contribution is -0.132. The molecule has 1 aliphatic rings. The van der Waals surface area contributed by atoms with Crippen LogP contribution in [0.15, 0.2) is 54.6 Å². The second-order valence-corrected chi connectivity index (χ2v) is 8.10. The molecule has 0 aromatic heterocycles. The molecule has 1 saturated heterocycles. The number of piperidine rings is 1. The zero-order valence-corrected chi connectivity index (χ0v) is 18.8. The Balaban J connectivity index is 1.64. The van der Waals surface area contributed by atoms with Gasteiger partial charge in [0, 0.05) is 26.7 Å². The van der Waals surface area contributed by atoms with Crippen LogP contribution in [0.5, 0.6) is 0 Å². The van der Waals surface area contributed by atoms with Crippen molar-refractivity contribution < 1.29 is 23.5 Å². The standard InChI is InChI=1S/C25H30FN3O4/c1-33-16-13-27-25(32)23(28-24(31)20-9-5-6-10-21(20)26)19-11-14-29(15-12-19)22(30)17-18-7-3-2-4-8-18/h2-10,19,23H,11-17H2,1H3,(H,27,32)(H,28,31). The van der Waals surface area contributed by atoms with Crippen LogP contribution in [-0.4, -0.2) is 62.0 Å². The maximum atomic E-state index is 14.1. The predicted molar refractivity (Wildman–Crippen MR) is 122 cm³/mol. The van der Waals surface area contributed by atoms with Crippen molar-refractivity contribution >= 4 is 17.7 Å². The fraction of sp³-hybridized carbons (Fsp3) is 0.400. The Morgan fingerprint density at radius 1 is 1.06 bits per heavy atom. The van der Waals surface area contributed by atoms with Gasteiger partial charge in [-0.25, -0.2) is 4.39 Å². The summed E-state index contributed by atoms with van der Waals surface area (Å²) in [4.78, 5) is 40.0. The average molecular weight is 456 g/mol. The van der Waals surface area contributed by atoms with Gasteiger partial charge in [0.15, 0.2) is 0 Å². The van der Waals surface area contributed by atoms with Gasteiger partial charge in [0.2, 0.25) is 11.8 Å². The van der Waals surface area contributed by atoms with Crippen molar-refractivity contribution in [2.24, 2.45) is 5.92 Å². The fourth-order valence-corrected chi connectivity index (χ4v) is 4.01. The molecule has 2 N–H and O–H groups in total. The van der Waals surface area contributed by atoms with Crippen LogP contribution in [-0.2, 0) is 20.7 Å². The van der Waals surface area contributed by atoms with E-state index in [1.54, 1.807) is 11.0 Å². The number of likely N-dealkylation sites (tertiary alicyclic amines) is 1. The fourth-order valence-electron chi connectivity index (χ4n) is 4.01. The summed E-state index contributed by atoms with van der Waals surface area (Å²) in [6, 6.07) is 14.4. The van der Waals surface area contributed by atoms with Crippen LogP contribution < -0.4 is 10.6 Å². The van der Waals surface area contributed by atoms with E-state index < -0.39 is 17.8 Å². The molecule has 2 aromatic carbocycles. The van der Waals surface area contributed by atoms with Gasteiger partial charge >= 0.3 is 0 Å². The van der Waals surface area contributed by atoms with Crippen molar-refractivity contribution in [3.05, 3.63) is 71.5 Å². The molecule has 33 heavy (non-hydrogen) atoms. The Bertz CT molecular complexity index is 946. The number of halogens is 1. The quantitative estimate of drug-likeness (QED) is 0.568. The molecule has 0 spiro atoms. The normalized spacial score (nSPS) is 15.0. The van der Waals surface area contributed by atoms with E-state index in [-0.39, 0.29) is 23.3 Å². The first-order valence-corrected chi connectivity index (χ1v) is 11.1.